The number of carboxylic acid groups (broad SMARTS) is 1. The normalized spacial score (nSPS) is 21.1. The van der Waals surface area contributed by atoms with E-state index < -0.39 is 5.97 Å². The second kappa shape index (κ2) is 9.07. The maximum atomic E-state index is 11.3. The van der Waals surface area contributed by atoms with E-state index in [0.717, 1.165) is 37.1 Å². The average Bonchev–Trinajstić information content (AvgIpc) is 2.69. The summed E-state index contributed by atoms with van der Waals surface area (Å²) in [6, 6.07) is 15.6. The Balaban J connectivity index is 1.88. The molecule has 1 aliphatic rings. The van der Waals surface area contributed by atoms with Gasteiger partial charge >= 0.3 is 5.97 Å². The van der Waals surface area contributed by atoms with Crippen LogP contribution in [-0.4, -0.2) is 43.7 Å². The number of benzene rings is 2. The van der Waals surface area contributed by atoms with E-state index in [1.165, 1.54) is 11.1 Å². The number of nitrogens with zero attached hydrogens (tertiary/aromatic N) is 1. The lowest BCUT2D eigenvalue weighted by Crippen LogP contribution is -2.29. The largest absolute Gasteiger partial charge is 0.497 e. The molecule has 1 N–H and O–H groups in total. The highest BCUT2D eigenvalue weighted by molar-refractivity contribution is 5.88. The van der Waals surface area contributed by atoms with Gasteiger partial charge in [0.1, 0.15) is 5.75 Å². The molecule has 2 atom stereocenters. The third-order valence-electron chi connectivity index (χ3n) is 5.51. The van der Waals surface area contributed by atoms with Gasteiger partial charge in [0, 0.05) is 6.54 Å². The Morgan fingerprint density at radius 3 is 2.71 bits per heavy atom. The molecule has 3 rings (SSSR count). The summed E-state index contributed by atoms with van der Waals surface area (Å²) in [6.45, 7) is 1.06. The molecule has 0 saturated heterocycles. The number of ether oxygens (including phenoxy) is 1. The molecule has 0 heterocycles. The van der Waals surface area contributed by atoms with E-state index in [1.807, 2.05) is 18.2 Å². The zero-order chi connectivity index (χ0) is 20.1. The SMILES string of the molecule is COc1cccc(C2C/C(=C\c3cccc(C(=O)O)c3)CC[C@@H]2CN(C)C)c1. The molecule has 1 unspecified atom stereocenters. The topological polar surface area (TPSA) is 49.8 Å². The quantitative estimate of drug-likeness (QED) is 0.774. The molecule has 2 aromatic carbocycles. The Kier molecular flexibility index (Phi) is 6.53. The second-order valence-electron chi connectivity index (χ2n) is 7.88. The van der Waals surface area contributed by atoms with Gasteiger partial charge in [0.25, 0.3) is 0 Å². The van der Waals surface area contributed by atoms with Crippen LogP contribution in [0.1, 0.15) is 46.7 Å². The van der Waals surface area contributed by atoms with Crippen molar-refractivity contribution in [2.24, 2.45) is 5.92 Å². The fraction of sp³-hybridized carbons (Fsp3) is 0.375. The molecule has 1 fully saturated rings. The van der Waals surface area contributed by atoms with E-state index in [0.29, 0.717) is 17.4 Å². The van der Waals surface area contributed by atoms with Gasteiger partial charge in [-0.05, 0) is 80.6 Å². The first kappa shape index (κ1) is 20.2. The van der Waals surface area contributed by atoms with Gasteiger partial charge < -0.3 is 14.7 Å². The molecule has 2 aromatic rings. The van der Waals surface area contributed by atoms with Crippen LogP contribution >= 0.6 is 0 Å². The maximum absolute atomic E-state index is 11.3. The standard InChI is InChI=1S/C24H29NO3/c1-25(2)16-21-11-10-18(12-17-6-4-8-20(13-17)24(26)27)14-23(21)19-7-5-9-22(15-19)28-3/h4-9,12-13,15,21,23H,10-11,14,16H2,1-3H3,(H,26,27)/b18-12-/t21-,23?/m1/s1. The first-order chi connectivity index (χ1) is 13.5. The lowest BCUT2D eigenvalue weighted by molar-refractivity contribution is 0.0697. The Bertz CT molecular complexity index is 856. The zero-order valence-electron chi connectivity index (χ0n) is 16.9. The molecule has 0 aromatic heterocycles. The number of rotatable bonds is 6. The molecule has 28 heavy (non-hydrogen) atoms. The predicted octanol–water partition coefficient (Wildman–Crippen LogP) is 4.92. The summed E-state index contributed by atoms with van der Waals surface area (Å²) >= 11 is 0. The first-order valence-electron chi connectivity index (χ1n) is 9.77. The highest BCUT2D eigenvalue weighted by Gasteiger charge is 2.29. The molecule has 148 valence electrons. The van der Waals surface area contributed by atoms with Crippen molar-refractivity contribution in [2.75, 3.05) is 27.7 Å². The predicted molar refractivity (Wildman–Crippen MR) is 113 cm³/mol. The van der Waals surface area contributed by atoms with E-state index >= 15 is 0 Å². The fourth-order valence-corrected chi connectivity index (χ4v) is 4.20. The van der Waals surface area contributed by atoms with Crippen LogP contribution in [0.25, 0.3) is 6.08 Å². The minimum atomic E-state index is -0.885. The third kappa shape index (κ3) is 5.02. The van der Waals surface area contributed by atoms with Crippen LogP contribution in [0.15, 0.2) is 54.1 Å². The molecule has 0 amide bonds. The third-order valence-corrected chi connectivity index (χ3v) is 5.51. The van der Waals surface area contributed by atoms with Crippen LogP contribution < -0.4 is 4.74 Å². The summed E-state index contributed by atoms with van der Waals surface area (Å²) in [7, 11) is 5.97. The van der Waals surface area contributed by atoms with Gasteiger partial charge in [-0.2, -0.15) is 0 Å². The zero-order valence-corrected chi connectivity index (χ0v) is 16.9. The molecule has 0 aliphatic heterocycles. The highest BCUT2D eigenvalue weighted by Crippen LogP contribution is 2.42. The van der Waals surface area contributed by atoms with Crippen molar-refractivity contribution in [3.05, 3.63) is 70.8 Å². The molecule has 0 bridgehead atoms. The number of hydrogen-bond donors (Lipinski definition) is 1. The van der Waals surface area contributed by atoms with Crippen LogP contribution in [0.4, 0.5) is 0 Å². The minimum absolute atomic E-state index is 0.333. The Morgan fingerprint density at radius 1 is 1.21 bits per heavy atom. The van der Waals surface area contributed by atoms with Crippen LogP contribution in [0.3, 0.4) is 0 Å². The Hall–Kier alpha value is -2.59. The van der Waals surface area contributed by atoms with Crippen molar-refractivity contribution >= 4 is 12.0 Å². The molecule has 0 radical (unpaired) electrons. The lowest BCUT2D eigenvalue weighted by atomic mass is 9.73. The molecule has 4 heteroatoms. The van der Waals surface area contributed by atoms with Gasteiger partial charge in [0.05, 0.1) is 12.7 Å². The summed E-state index contributed by atoms with van der Waals surface area (Å²) in [5.74, 6) is 1.03. The highest BCUT2D eigenvalue weighted by atomic mass is 16.5. The van der Waals surface area contributed by atoms with Crippen LogP contribution in [0.2, 0.25) is 0 Å². The van der Waals surface area contributed by atoms with Crippen molar-refractivity contribution in [2.45, 2.75) is 25.2 Å². The molecular weight excluding hydrogens is 350 g/mol. The van der Waals surface area contributed by atoms with Gasteiger partial charge in [-0.1, -0.05) is 35.9 Å². The fourth-order valence-electron chi connectivity index (χ4n) is 4.20. The number of hydrogen-bond acceptors (Lipinski definition) is 3. The summed E-state index contributed by atoms with van der Waals surface area (Å²) in [5, 5.41) is 9.24. The van der Waals surface area contributed by atoms with Crippen molar-refractivity contribution in [3.8, 4) is 5.75 Å². The van der Waals surface area contributed by atoms with E-state index in [1.54, 1.807) is 19.2 Å². The van der Waals surface area contributed by atoms with Crippen LogP contribution in [0, 0.1) is 5.92 Å². The van der Waals surface area contributed by atoms with Crippen molar-refractivity contribution < 1.29 is 14.6 Å². The summed E-state index contributed by atoms with van der Waals surface area (Å²) in [4.78, 5) is 13.5. The number of methoxy groups -OCH3 is 1. The molecule has 1 saturated carbocycles. The van der Waals surface area contributed by atoms with E-state index in [-0.39, 0.29) is 0 Å². The Labute approximate surface area is 167 Å². The number of aromatic carboxylic acids is 1. The number of allylic oxidation sites excluding steroid dienone is 1. The van der Waals surface area contributed by atoms with Gasteiger partial charge in [-0.25, -0.2) is 4.79 Å². The van der Waals surface area contributed by atoms with E-state index in [4.69, 9.17) is 4.74 Å². The first-order valence-corrected chi connectivity index (χ1v) is 9.77. The monoisotopic (exact) mass is 379 g/mol. The number of carbonyl (C=O) groups is 1. The lowest BCUT2D eigenvalue weighted by Gasteiger charge is -2.35. The average molecular weight is 380 g/mol. The van der Waals surface area contributed by atoms with Gasteiger partial charge in [0.2, 0.25) is 0 Å². The van der Waals surface area contributed by atoms with Gasteiger partial charge in [-0.3, -0.25) is 0 Å². The molecule has 1 aliphatic carbocycles. The molecular formula is C24H29NO3. The van der Waals surface area contributed by atoms with Crippen LogP contribution in [-0.2, 0) is 0 Å². The van der Waals surface area contributed by atoms with Crippen molar-refractivity contribution in [1.29, 1.82) is 0 Å². The van der Waals surface area contributed by atoms with E-state index in [9.17, 15) is 9.90 Å². The van der Waals surface area contributed by atoms with Gasteiger partial charge in [-0.15, -0.1) is 0 Å². The van der Waals surface area contributed by atoms with Crippen molar-refractivity contribution in [1.82, 2.24) is 4.90 Å². The minimum Gasteiger partial charge on any atom is -0.497 e. The summed E-state index contributed by atoms with van der Waals surface area (Å²) < 4.78 is 5.44. The Morgan fingerprint density at radius 2 is 2.00 bits per heavy atom. The van der Waals surface area contributed by atoms with E-state index in [2.05, 4.69) is 43.3 Å². The second-order valence-corrected chi connectivity index (χ2v) is 7.88. The van der Waals surface area contributed by atoms with Gasteiger partial charge in [0.15, 0.2) is 0 Å². The van der Waals surface area contributed by atoms with Crippen molar-refractivity contribution in [3.63, 3.8) is 0 Å². The summed E-state index contributed by atoms with van der Waals surface area (Å²) in [6.07, 6.45) is 5.34. The summed E-state index contributed by atoms with van der Waals surface area (Å²) in [5.41, 5.74) is 3.99. The van der Waals surface area contributed by atoms with Crippen LogP contribution in [0.5, 0.6) is 5.75 Å². The number of carboxylic acids is 1. The smallest absolute Gasteiger partial charge is 0.335 e. The molecule has 0 spiro atoms. The maximum Gasteiger partial charge on any atom is 0.335 e. The molecule has 4 nitrogen and oxygen atoms in total.